The number of hydrogen-bond acceptors (Lipinski definition) is 5. The van der Waals surface area contributed by atoms with Crippen LogP contribution in [0.3, 0.4) is 0 Å². The fourth-order valence-corrected chi connectivity index (χ4v) is 3.48. The molecule has 2 N–H and O–H groups in total. The molecule has 2 aromatic carbocycles. The van der Waals surface area contributed by atoms with Crippen molar-refractivity contribution in [2.75, 3.05) is 13.2 Å². The average molecular weight is 463 g/mol. The Morgan fingerprint density at radius 3 is 2.56 bits per heavy atom. The van der Waals surface area contributed by atoms with Gasteiger partial charge in [-0.25, -0.2) is 5.43 Å². The minimum absolute atomic E-state index is 0.327. The summed E-state index contributed by atoms with van der Waals surface area (Å²) in [6.45, 7) is 5.43. The molecule has 1 aromatic heterocycles. The molecule has 0 saturated heterocycles. The normalized spacial score (nSPS) is 11.0. The van der Waals surface area contributed by atoms with Crippen LogP contribution in [0.5, 0.6) is 11.5 Å². The fourth-order valence-electron chi connectivity index (χ4n) is 3.48. The van der Waals surface area contributed by atoms with Gasteiger partial charge in [-0.2, -0.15) is 10.2 Å². The molecule has 0 radical (unpaired) electrons. The number of aromatic amines is 1. The van der Waals surface area contributed by atoms with Crippen LogP contribution >= 0.6 is 0 Å². The number of ether oxygens (including phenoxy) is 2. The van der Waals surface area contributed by atoms with Crippen molar-refractivity contribution in [2.45, 2.75) is 52.4 Å². The highest BCUT2D eigenvalue weighted by Gasteiger charge is 2.11. The minimum Gasteiger partial charge on any atom is -0.494 e. The van der Waals surface area contributed by atoms with Gasteiger partial charge in [0.2, 0.25) is 0 Å². The van der Waals surface area contributed by atoms with Crippen molar-refractivity contribution in [3.8, 4) is 22.8 Å². The number of unbranched alkanes of at least 4 members (excludes halogenated alkanes) is 5. The molecule has 0 fully saturated rings. The quantitative estimate of drug-likeness (QED) is 0.175. The molecule has 0 unspecified atom stereocenters. The lowest BCUT2D eigenvalue weighted by molar-refractivity contribution is 0.0950. The van der Waals surface area contributed by atoms with Gasteiger partial charge < -0.3 is 9.47 Å². The minimum atomic E-state index is -0.372. The summed E-state index contributed by atoms with van der Waals surface area (Å²) in [4.78, 5) is 12.4. The predicted octanol–water partition coefficient (Wildman–Crippen LogP) is 5.98. The monoisotopic (exact) mass is 462 g/mol. The first kappa shape index (κ1) is 25.0. The number of rotatable bonds is 14. The number of amides is 1. The number of hydrogen-bond donors (Lipinski definition) is 2. The van der Waals surface area contributed by atoms with E-state index >= 15 is 0 Å². The molecule has 1 amide bonds. The van der Waals surface area contributed by atoms with Crippen LogP contribution in [0.2, 0.25) is 0 Å². The molecule has 1 heterocycles. The Hall–Kier alpha value is -3.61. The van der Waals surface area contributed by atoms with Crippen molar-refractivity contribution in [2.24, 2.45) is 5.10 Å². The molecule has 0 aliphatic rings. The molecule has 34 heavy (non-hydrogen) atoms. The van der Waals surface area contributed by atoms with Gasteiger partial charge >= 0.3 is 0 Å². The second-order valence-corrected chi connectivity index (χ2v) is 7.98. The van der Waals surface area contributed by atoms with Crippen LogP contribution in [0.25, 0.3) is 11.3 Å². The van der Waals surface area contributed by atoms with Crippen molar-refractivity contribution >= 4 is 12.1 Å². The zero-order valence-electron chi connectivity index (χ0n) is 20.0. The highest BCUT2D eigenvalue weighted by molar-refractivity contribution is 5.94. The summed E-state index contributed by atoms with van der Waals surface area (Å²) in [7, 11) is 0. The summed E-state index contributed by atoms with van der Waals surface area (Å²) in [5, 5.41) is 11.1. The van der Waals surface area contributed by atoms with E-state index in [2.05, 4.69) is 27.6 Å². The molecular formula is C27H34N4O3. The van der Waals surface area contributed by atoms with Crippen molar-refractivity contribution in [1.29, 1.82) is 0 Å². The van der Waals surface area contributed by atoms with Crippen molar-refractivity contribution in [3.63, 3.8) is 0 Å². The standard InChI is InChI=1S/C27H34N4O3/c1-3-5-6-7-8-11-18-34-23-16-14-21(15-17-23)24-19-25(30-29-24)27(32)31-28-20-22-12-9-10-13-26(22)33-4-2/h9-10,12-17,19-20H,3-8,11,18H2,1-2H3,(H,29,30)(H,31,32)/b28-20+. The Morgan fingerprint density at radius 2 is 1.76 bits per heavy atom. The molecule has 0 aliphatic carbocycles. The third kappa shape index (κ3) is 7.76. The van der Waals surface area contributed by atoms with Crippen molar-refractivity contribution < 1.29 is 14.3 Å². The van der Waals surface area contributed by atoms with Crippen LogP contribution < -0.4 is 14.9 Å². The van der Waals surface area contributed by atoms with Gasteiger partial charge in [0, 0.05) is 11.1 Å². The Bertz CT molecular complexity index is 1040. The molecular weight excluding hydrogens is 428 g/mol. The molecule has 3 rings (SSSR count). The first-order valence-corrected chi connectivity index (χ1v) is 12.0. The summed E-state index contributed by atoms with van der Waals surface area (Å²) in [6.07, 6.45) is 9.00. The topological polar surface area (TPSA) is 88.6 Å². The number of nitrogens with zero attached hydrogens (tertiary/aromatic N) is 2. The molecule has 0 bridgehead atoms. The molecule has 7 nitrogen and oxygen atoms in total. The second kappa shape index (κ2) is 13.8. The largest absolute Gasteiger partial charge is 0.494 e. The third-order valence-electron chi connectivity index (χ3n) is 5.33. The lowest BCUT2D eigenvalue weighted by atomic mass is 10.1. The Labute approximate surface area is 201 Å². The maximum atomic E-state index is 12.4. The predicted molar refractivity (Wildman–Crippen MR) is 136 cm³/mol. The fraction of sp³-hybridized carbons (Fsp3) is 0.370. The number of carbonyl (C=O) groups excluding carboxylic acids is 1. The van der Waals surface area contributed by atoms with Crippen LogP contribution in [0, 0.1) is 0 Å². The van der Waals surface area contributed by atoms with E-state index < -0.39 is 0 Å². The average Bonchev–Trinajstić information content (AvgIpc) is 3.36. The molecule has 0 aliphatic heterocycles. The zero-order chi connectivity index (χ0) is 24.0. The number of carbonyl (C=O) groups is 1. The number of para-hydroxylation sites is 1. The molecule has 3 aromatic rings. The van der Waals surface area contributed by atoms with E-state index in [1.165, 1.54) is 32.1 Å². The van der Waals surface area contributed by atoms with Crippen LogP contribution in [0.1, 0.15) is 68.4 Å². The number of benzene rings is 2. The number of nitrogens with one attached hydrogen (secondary N) is 2. The second-order valence-electron chi connectivity index (χ2n) is 7.98. The molecule has 7 heteroatoms. The molecule has 0 atom stereocenters. The number of aromatic nitrogens is 2. The summed E-state index contributed by atoms with van der Waals surface area (Å²) < 4.78 is 11.4. The Balaban J connectivity index is 1.48. The summed E-state index contributed by atoms with van der Waals surface area (Å²) in [6, 6.07) is 17.0. The van der Waals surface area contributed by atoms with Gasteiger partial charge in [-0.15, -0.1) is 0 Å². The number of H-pyrrole nitrogens is 1. The highest BCUT2D eigenvalue weighted by Crippen LogP contribution is 2.22. The lowest BCUT2D eigenvalue weighted by Crippen LogP contribution is -2.18. The zero-order valence-corrected chi connectivity index (χ0v) is 20.0. The van der Waals surface area contributed by atoms with E-state index in [4.69, 9.17) is 9.47 Å². The molecule has 0 spiro atoms. The van der Waals surface area contributed by atoms with Gasteiger partial charge in [0.25, 0.3) is 5.91 Å². The van der Waals surface area contributed by atoms with Crippen LogP contribution in [-0.4, -0.2) is 35.5 Å². The smallest absolute Gasteiger partial charge is 0.289 e. The van der Waals surface area contributed by atoms with Gasteiger partial charge in [0.05, 0.1) is 25.1 Å². The first-order chi connectivity index (χ1) is 16.7. The maximum absolute atomic E-state index is 12.4. The van der Waals surface area contributed by atoms with Crippen LogP contribution in [-0.2, 0) is 0 Å². The summed E-state index contributed by atoms with van der Waals surface area (Å²) >= 11 is 0. The van der Waals surface area contributed by atoms with E-state index in [1.54, 1.807) is 12.3 Å². The number of hydrazone groups is 1. The highest BCUT2D eigenvalue weighted by atomic mass is 16.5. The SMILES string of the molecule is CCCCCCCCOc1ccc(-c2cc(C(=O)N/N=C/c3ccccc3OCC)[nH]n2)cc1. The summed E-state index contributed by atoms with van der Waals surface area (Å²) in [5.74, 6) is 1.18. The van der Waals surface area contributed by atoms with Gasteiger partial charge in [0.15, 0.2) is 0 Å². The summed E-state index contributed by atoms with van der Waals surface area (Å²) in [5.41, 5.74) is 5.21. The molecule has 180 valence electrons. The van der Waals surface area contributed by atoms with Gasteiger partial charge in [-0.3, -0.25) is 9.89 Å². The lowest BCUT2D eigenvalue weighted by Gasteiger charge is -2.06. The van der Waals surface area contributed by atoms with Crippen molar-refractivity contribution in [3.05, 3.63) is 65.9 Å². The maximum Gasteiger partial charge on any atom is 0.289 e. The van der Waals surface area contributed by atoms with E-state index in [1.807, 2.05) is 55.5 Å². The Kier molecular flexibility index (Phi) is 10.2. The van der Waals surface area contributed by atoms with Gasteiger partial charge in [0.1, 0.15) is 17.2 Å². The molecule has 0 saturated carbocycles. The van der Waals surface area contributed by atoms with E-state index in [-0.39, 0.29) is 5.91 Å². The van der Waals surface area contributed by atoms with Crippen molar-refractivity contribution in [1.82, 2.24) is 15.6 Å². The first-order valence-electron chi connectivity index (χ1n) is 12.0. The Morgan fingerprint density at radius 1 is 1.00 bits per heavy atom. The van der Waals surface area contributed by atoms with Gasteiger partial charge in [-0.1, -0.05) is 51.2 Å². The van der Waals surface area contributed by atoms with E-state index in [0.717, 1.165) is 29.9 Å². The third-order valence-corrected chi connectivity index (χ3v) is 5.33. The van der Waals surface area contributed by atoms with E-state index in [9.17, 15) is 4.79 Å². The van der Waals surface area contributed by atoms with E-state index in [0.29, 0.717) is 23.7 Å². The van der Waals surface area contributed by atoms with Crippen LogP contribution in [0.15, 0.2) is 59.7 Å². The van der Waals surface area contributed by atoms with Gasteiger partial charge in [-0.05, 0) is 55.8 Å². The van der Waals surface area contributed by atoms with Crippen LogP contribution in [0.4, 0.5) is 0 Å².